The van der Waals surface area contributed by atoms with E-state index < -0.39 is 29.6 Å². The molecule has 1 N–H and O–H groups in total. The summed E-state index contributed by atoms with van der Waals surface area (Å²) in [6.45, 7) is 1.80. The molecule has 1 saturated heterocycles. The summed E-state index contributed by atoms with van der Waals surface area (Å²) in [5, 5.41) is 1.70. The SMILES string of the molecule is CCCC1C(=O)NC(=O)N(c2c(Cl)cc(F)cc2Cl)C1=O. The number of urea groups is 1. The lowest BCUT2D eigenvalue weighted by atomic mass is 9.99. The maximum absolute atomic E-state index is 13.2. The normalized spacial score (nSPS) is 19.0. The highest BCUT2D eigenvalue weighted by atomic mass is 35.5. The minimum atomic E-state index is -0.995. The summed E-state index contributed by atoms with van der Waals surface area (Å²) in [4.78, 5) is 36.7. The summed E-state index contributed by atoms with van der Waals surface area (Å²) in [6.07, 6.45) is 0.863. The van der Waals surface area contributed by atoms with Crippen molar-refractivity contribution in [2.45, 2.75) is 19.8 Å². The van der Waals surface area contributed by atoms with Crippen molar-refractivity contribution in [1.82, 2.24) is 5.32 Å². The van der Waals surface area contributed by atoms with Gasteiger partial charge in [0, 0.05) is 0 Å². The van der Waals surface area contributed by atoms with Gasteiger partial charge in [-0.2, -0.15) is 0 Å². The molecule has 5 nitrogen and oxygen atoms in total. The third kappa shape index (κ3) is 2.87. The molecule has 1 aromatic carbocycles. The number of hydrogen-bond acceptors (Lipinski definition) is 3. The first kappa shape index (κ1) is 15.7. The second-order valence-electron chi connectivity index (χ2n) is 4.53. The van der Waals surface area contributed by atoms with Gasteiger partial charge in [-0.15, -0.1) is 0 Å². The van der Waals surface area contributed by atoms with Crippen molar-refractivity contribution in [3.8, 4) is 0 Å². The van der Waals surface area contributed by atoms with Crippen LogP contribution in [0.3, 0.4) is 0 Å². The Labute approximate surface area is 130 Å². The number of benzene rings is 1. The Kier molecular flexibility index (Phi) is 4.49. The smallest absolute Gasteiger partial charge is 0.277 e. The molecule has 0 aliphatic carbocycles. The molecule has 1 fully saturated rings. The second kappa shape index (κ2) is 5.99. The number of imide groups is 2. The Morgan fingerprint density at radius 2 is 1.81 bits per heavy atom. The molecule has 1 unspecified atom stereocenters. The Bertz CT molecular complexity index is 613. The van der Waals surface area contributed by atoms with Gasteiger partial charge in [-0.05, 0) is 18.6 Å². The Morgan fingerprint density at radius 1 is 1.24 bits per heavy atom. The van der Waals surface area contributed by atoms with Crippen LogP contribution < -0.4 is 10.2 Å². The molecule has 0 aromatic heterocycles. The van der Waals surface area contributed by atoms with Crippen LogP contribution in [0, 0.1) is 11.7 Å². The van der Waals surface area contributed by atoms with E-state index in [2.05, 4.69) is 5.32 Å². The molecule has 0 bridgehead atoms. The molecule has 21 heavy (non-hydrogen) atoms. The second-order valence-corrected chi connectivity index (χ2v) is 5.34. The predicted molar refractivity (Wildman–Crippen MR) is 75.8 cm³/mol. The van der Waals surface area contributed by atoms with Crippen LogP contribution >= 0.6 is 23.2 Å². The molecule has 112 valence electrons. The lowest BCUT2D eigenvalue weighted by Crippen LogP contribution is -2.58. The summed E-state index contributed by atoms with van der Waals surface area (Å²) in [7, 11) is 0. The predicted octanol–water partition coefficient (Wildman–Crippen LogP) is 3.13. The van der Waals surface area contributed by atoms with Gasteiger partial charge < -0.3 is 0 Å². The average molecular weight is 333 g/mol. The maximum atomic E-state index is 13.2. The first-order valence-corrected chi connectivity index (χ1v) is 6.95. The fourth-order valence-electron chi connectivity index (χ4n) is 2.12. The molecule has 8 heteroatoms. The summed E-state index contributed by atoms with van der Waals surface area (Å²) >= 11 is 11.8. The first-order valence-electron chi connectivity index (χ1n) is 6.20. The largest absolute Gasteiger partial charge is 0.335 e. The number of carbonyl (C=O) groups excluding carboxylic acids is 3. The molecule has 1 aliphatic rings. The fourth-order valence-corrected chi connectivity index (χ4v) is 2.75. The lowest BCUT2D eigenvalue weighted by molar-refractivity contribution is -0.134. The van der Waals surface area contributed by atoms with E-state index in [1.807, 2.05) is 0 Å². The number of rotatable bonds is 3. The minimum absolute atomic E-state index is 0.129. The van der Waals surface area contributed by atoms with E-state index in [1.165, 1.54) is 0 Å². The monoisotopic (exact) mass is 332 g/mol. The van der Waals surface area contributed by atoms with E-state index in [9.17, 15) is 18.8 Å². The standard InChI is InChI=1S/C13H11Cl2FN2O3/c1-2-3-7-11(19)17-13(21)18(12(7)20)10-8(14)4-6(16)5-9(10)15/h4-5,7H,2-3H2,1H3,(H,17,19,21). The van der Waals surface area contributed by atoms with Crippen molar-refractivity contribution in [1.29, 1.82) is 0 Å². The quantitative estimate of drug-likeness (QED) is 0.864. The van der Waals surface area contributed by atoms with Crippen molar-refractivity contribution in [2.75, 3.05) is 4.90 Å². The zero-order valence-electron chi connectivity index (χ0n) is 11.0. The Balaban J connectivity index is 2.49. The lowest BCUT2D eigenvalue weighted by Gasteiger charge is -2.31. The molecule has 1 aromatic rings. The van der Waals surface area contributed by atoms with Gasteiger partial charge in [-0.1, -0.05) is 36.5 Å². The highest BCUT2D eigenvalue weighted by Gasteiger charge is 2.42. The van der Waals surface area contributed by atoms with Crippen LogP contribution in [-0.2, 0) is 9.59 Å². The van der Waals surface area contributed by atoms with Gasteiger partial charge in [-0.3, -0.25) is 14.9 Å². The highest BCUT2D eigenvalue weighted by molar-refractivity contribution is 6.42. The average Bonchev–Trinajstić information content (AvgIpc) is 2.37. The van der Waals surface area contributed by atoms with Gasteiger partial charge in [0.2, 0.25) is 11.8 Å². The number of amides is 4. The van der Waals surface area contributed by atoms with E-state index in [0.29, 0.717) is 11.3 Å². The molecule has 0 spiro atoms. The fraction of sp³-hybridized carbons (Fsp3) is 0.308. The van der Waals surface area contributed by atoms with Crippen molar-refractivity contribution in [2.24, 2.45) is 5.92 Å². The summed E-state index contributed by atoms with van der Waals surface area (Å²) in [5.41, 5.74) is -0.129. The number of hydrogen-bond donors (Lipinski definition) is 1. The van der Waals surface area contributed by atoms with Gasteiger partial charge in [0.1, 0.15) is 11.7 Å². The molecule has 1 heterocycles. The van der Waals surface area contributed by atoms with E-state index in [-0.39, 0.29) is 22.2 Å². The molecule has 0 saturated carbocycles. The van der Waals surface area contributed by atoms with Crippen LogP contribution in [0.4, 0.5) is 14.9 Å². The van der Waals surface area contributed by atoms with Crippen LogP contribution in [0.2, 0.25) is 10.0 Å². The van der Waals surface area contributed by atoms with Crippen LogP contribution in [0.25, 0.3) is 0 Å². The number of nitrogens with one attached hydrogen (secondary N) is 1. The molecule has 4 amide bonds. The van der Waals surface area contributed by atoms with Crippen molar-refractivity contribution in [3.63, 3.8) is 0 Å². The third-order valence-corrected chi connectivity index (χ3v) is 3.63. The Hall–Kier alpha value is -1.66. The topological polar surface area (TPSA) is 66.5 Å². The van der Waals surface area contributed by atoms with Gasteiger partial charge in [0.15, 0.2) is 0 Å². The first-order chi connectivity index (χ1) is 9.86. The molecular formula is C13H11Cl2FN2O3. The maximum Gasteiger partial charge on any atom is 0.335 e. The number of nitrogens with zero attached hydrogens (tertiary/aromatic N) is 1. The zero-order valence-corrected chi connectivity index (χ0v) is 12.5. The van der Waals surface area contributed by atoms with Crippen LogP contribution in [-0.4, -0.2) is 17.8 Å². The highest BCUT2D eigenvalue weighted by Crippen LogP contribution is 2.36. The van der Waals surface area contributed by atoms with E-state index >= 15 is 0 Å². The number of halogens is 3. The van der Waals surface area contributed by atoms with E-state index in [4.69, 9.17) is 23.2 Å². The van der Waals surface area contributed by atoms with Crippen molar-refractivity contribution < 1.29 is 18.8 Å². The molecule has 1 aliphatic heterocycles. The summed E-state index contributed by atoms with van der Waals surface area (Å²) in [5.74, 6) is -3.07. The zero-order chi connectivity index (χ0) is 15.7. The van der Waals surface area contributed by atoms with Gasteiger partial charge >= 0.3 is 6.03 Å². The van der Waals surface area contributed by atoms with Gasteiger partial charge in [0.25, 0.3) is 0 Å². The summed E-state index contributed by atoms with van der Waals surface area (Å²) < 4.78 is 13.2. The third-order valence-electron chi connectivity index (χ3n) is 3.05. The van der Waals surface area contributed by atoms with Crippen LogP contribution in [0.15, 0.2) is 12.1 Å². The summed E-state index contributed by atoms with van der Waals surface area (Å²) in [6, 6.07) is 0.927. The van der Waals surface area contributed by atoms with Gasteiger partial charge in [0.05, 0.1) is 15.7 Å². The van der Waals surface area contributed by atoms with Crippen LogP contribution in [0.1, 0.15) is 19.8 Å². The van der Waals surface area contributed by atoms with E-state index in [1.54, 1.807) is 6.92 Å². The van der Waals surface area contributed by atoms with E-state index in [0.717, 1.165) is 12.1 Å². The van der Waals surface area contributed by atoms with Crippen LogP contribution in [0.5, 0.6) is 0 Å². The molecule has 0 radical (unpaired) electrons. The molecular weight excluding hydrogens is 322 g/mol. The number of barbiturate groups is 1. The molecule has 2 rings (SSSR count). The number of anilines is 1. The van der Waals surface area contributed by atoms with Crippen molar-refractivity contribution in [3.05, 3.63) is 28.0 Å². The van der Waals surface area contributed by atoms with Gasteiger partial charge in [-0.25, -0.2) is 14.1 Å². The minimum Gasteiger partial charge on any atom is -0.277 e. The number of carbonyl (C=O) groups is 3. The van der Waals surface area contributed by atoms with Crippen molar-refractivity contribution >= 4 is 46.7 Å². The Morgan fingerprint density at radius 3 is 2.33 bits per heavy atom. The molecule has 1 atom stereocenters.